The van der Waals surface area contributed by atoms with E-state index in [-0.39, 0.29) is 24.5 Å². The first kappa shape index (κ1) is 25.3. The first-order valence-electron chi connectivity index (χ1n) is 13.0. The zero-order chi connectivity index (χ0) is 26.5. The first-order valence-corrected chi connectivity index (χ1v) is 13.0. The van der Waals surface area contributed by atoms with E-state index in [4.69, 9.17) is 4.74 Å². The largest absolute Gasteiger partial charge is 0.484 e. The van der Waals surface area contributed by atoms with E-state index in [0.29, 0.717) is 24.4 Å². The molecule has 0 radical (unpaired) electrons. The molecule has 4 aromatic carbocycles. The minimum absolute atomic E-state index is 0.00426. The second kappa shape index (κ2) is 11.3. The van der Waals surface area contributed by atoms with Crippen molar-refractivity contribution in [1.29, 1.82) is 0 Å². The van der Waals surface area contributed by atoms with Gasteiger partial charge >= 0.3 is 0 Å². The number of nitrogens with zero attached hydrogens (tertiary/aromatic N) is 1. The highest BCUT2D eigenvalue weighted by Gasteiger charge is 2.33. The molecule has 0 aliphatic carbocycles. The van der Waals surface area contributed by atoms with Gasteiger partial charge in [-0.3, -0.25) is 9.59 Å². The maximum Gasteiger partial charge on any atom is 0.258 e. The molecule has 1 aliphatic heterocycles. The first-order chi connectivity index (χ1) is 18.5. The summed E-state index contributed by atoms with van der Waals surface area (Å²) in [6, 6.07) is 31.5. The number of nitrogens with one attached hydrogen (secondary N) is 1. The quantitative estimate of drug-likeness (QED) is 0.347. The molecule has 38 heavy (non-hydrogen) atoms. The molecule has 4 aromatic rings. The predicted molar refractivity (Wildman–Crippen MR) is 149 cm³/mol. The number of hydrogen-bond donors (Lipinski definition) is 1. The highest BCUT2D eigenvalue weighted by atomic mass is 16.5. The van der Waals surface area contributed by atoms with Crippen LogP contribution in [0.4, 0.5) is 0 Å². The van der Waals surface area contributed by atoms with E-state index in [0.717, 1.165) is 34.2 Å². The Labute approximate surface area is 224 Å². The molecular weight excluding hydrogens is 472 g/mol. The van der Waals surface area contributed by atoms with Crippen LogP contribution in [0.1, 0.15) is 49.8 Å². The molecule has 0 bridgehead atoms. The monoisotopic (exact) mass is 504 g/mol. The van der Waals surface area contributed by atoms with Gasteiger partial charge in [-0.25, -0.2) is 0 Å². The van der Waals surface area contributed by atoms with Crippen LogP contribution in [-0.2, 0) is 17.8 Å². The lowest BCUT2D eigenvalue weighted by atomic mass is 9.87. The Morgan fingerprint density at radius 2 is 1.63 bits per heavy atom. The van der Waals surface area contributed by atoms with Crippen molar-refractivity contribution in [2.75, 3.05) is 13.2 Å². The molecule has 1 atom stereocenters. The fourth-order valence-corrected chi connectivity index (χ4v) is 5.07. The molecule has 1 unspecified atom stereocenters. The van der Waals surface area contributed by atoms with Crippen LogP contribution in [-0.4, -0.2) is 29.9 Å². The molecule has 2 amide bonds. The van der Waals surface area contributed by atoms with Gasteiger partial charge in [0.15, 0.2) is 6.61 Å². The zero-order valence-corrected chi connectivity index (χ0v) is 21.8. The Morgan fingerprint density at radius 1 is 0.868 bits per heavy atom. The number of fused-ring (bicyclic) bond motifs is 1. The molecule has 0 saturated carbocycles. The van der Waals surface area contributed by atoms with E-state index in [1.54, 1.807) is 0 Å². The Balaban J connectivity index is 1.37. The topological polar surface area (TPSA) is 58.6 Å². The third-order valence-electron chi connectivity index (χ3n) is 6.93. The van der Waals surface area contributed by atoms with Gasteiger partial charge in [-0.1, -0.05) is 83.9 Å². The van der Waals surface area contributed by atoms with Crippen LogP contribution in [0.25, 0.3) is 0 Å². The van der Waals surface area contributed by atoms with Crippen LogP contribution in [0.2, 0.25) is 0 Å². The van der Waals surface area contributed by atoms with E-state index in [1.807, 2.05) is 78.6 Å². The molecule has 1 aliphatic rings. The third-order valence-corrected chi connectivity index (χ3v) is 6.93. The van der Waals surface area contributed by atoms with Crippen molar-refractivity contribution in [2.24, 2.45) is 0 Å². The minimum atomic E-state index is -0.245. The summed E-state index contributed by atoms with van der Waals surface area (Å²) in [5, 5.41) is 2.92. The van der Waals surface area contributed by atoms with Crippen molar-refractivity contribution >= 4 is 11.8 Å². The third kappa shape index (κ3) is 5.78. The number of rotatable bonds is 7. The zero-order valence-electron chi connectivity index (χ0n) is 21.8. The number of carbonyl (C=O) groups excluding carboxylic acids is 2. The lowest BCUT2D eigenvalue weighted by molar-refractivity contribution is -0.123. The molecule has 0 aromatic heterocycles. The molecule has 0 fully saturated rings. The van der Waals surface area contributed by atoms with Gasteiger partial charge in [-0.05, 0) is 66.8 Å². The minimum Gasteiger partial charge on any atom is -0.484 e. The number of aryl methyl sites for hydroxylation is 2. The van der Waals surface area contributed by atoms with E-state index in [9.17, 15) is 9.59 Å². The molecule has 5 nitrogen and oxygen atoms in total. The predicted octanol–water partition coefficient (Wildman–Crippen LogP) is 5.79. The van der Waals surface area contributed by atoms with Gasteiger partial charge in [0.25, 0.3) is 11.8 Å². The van der Waals surface area contributed by atoms with Crippen molar-refractivity contribution < 1.29 is 14.3 Å². The normalized spacial score (nSPS) is 14.5. The molecule has 1 heterocycles. The second-order valence-electron chi connectivity index (χ2n) is 9.85. The second-order valence-corrected chi connectivity index (χ2v) is 9.85. The van der Waals surface area contributed by atoms with Gasteiger partial charge in [-0.2, -0.15) is 0 Å². The summed E-state index contributed by atoms with van der Waals surface area (Å²) in [5.41, 5.74) is 7.30. The van der Waals surface area contributed by atoms with E-state index in [2.05, 4.69) is 42.6 Å². The summed E-state index contributed by atoms with van der Waals surface area (Å²) >= 11 is 0. The van der Waals surface area contributed by atoms with Crippen LogP contribution >= 0.6 is 0 Å². The van der Waals surface area contributed by atoms with Crippen molar-refractivity contribution in [3.05, 3.63) is 136 Å². The average Bonchev–Trinajstić information content (AvgIpc) is 2.94. The van der Waals surface area contributed by atoms with E-state index >= 15 is 0 Å². The van der Waals surface area contributed by atoms with Gasteiger partial charge in [0, 0.05) is 18.7 Å². The summed E-state index contributed by atoms with van der Waals surface area (Å²) < 4.78 is 5.92. The summed E-state index contributed by atoms with van der Waals surface area (Å²) in [7, 11) is 0. The van der Waals surface area contributed by atoms with E-state index < -0.39 is 0 Å². The number of carbonyl (C=O) groups is 2. The summed E-state index contributed by atoms with van der Waals surface area (Å²) in [6.45, 7) is 5.10. The lowest BCUT2D eigenvalue weighted by Crippen LogP contribution is -2.40. The van der Waals surface area contributed by atoms with Gasteiger partial charge in [-0.15, -0.1) is 0 Å². The van der Waals surface area contributed by atoms with Gasteiger partial charge in [0.1, 0.15) is 5.75 Å². The average molecular weight is 505 g/mol. The Bertz CT molecular complexity index is 1450. The molecular formula is C33H32N2O3. The molecule has 192 valence electrons. The molecule has 0 saturated heterocycles. The summed E-state index contributed by atoms with van der Waals surface area (Å²) in [6.07, 6.45) is 0.757. The summed E-state index contributed by atoms with van der Waals surface area (Å²) in [4.78, 5) is 28.1. The van der Waals surface area contributed by atoms with Crippen molar-refractivity contribution in [1.82, 2.24) is 10.2 Å². The Morgan fingerprint density at radius 3 is 2.39 bits per heavy atom. The van der Waals surface area contributed by atoms with Crippen molar-refractivity contribution in [3.8, 4) is 5.75 Å². The fraction of sp³-hybridized carbons (Fsp3) is 0.212. The van der Waals surface area contributed by atoms with Gasteiger partial charge in [0.2, 0.25) is 0 Å². The molecule has 5 heteroatoms. The SMILES string of the molecule is Cc1cccc(CNC(=O)COc2ccc3c(c2)C(c2cccc(C)c2)N(C(=O)c2ccccc2)CC3)c1. The molecule has 0 spiro atoms. The Kier molecular flexibility index (Phi) is 7.55. The highest BCUT2D eigenvalue weighted by Crippen LogP contribution is 2.38. The molecule has 1 N–H and O–H groups in total. The fourth-order valence-electron chi connectivity index (χ4n) is 5.07. The van der Waals surface area contributed by atoms with Crippen LogP contribution < -0.4 is 10.1 Å². The van der Waals surface area contributed by atoms with Crippen molar-refractivity contribution in [3.63, 3.8) is 0 Å². The van der Waals surface area contributed by atoms with Crippen LogP contribution in [0.3, 0.4) is 0 Å². The maximum atomic E-state index is 13.6. The van der Waals surface area contributed by atoms with Crippen LogP contribution in [0.5, 0.6) is 5.75 Å². The number of benzene rings is 4. The summed E-state index contributed by atoms with van der Waals surface area (Å²) in [5.74, 6) is 0.436. The molecule has 5 rings (SSSR count). The number of ether oxygens (including phenoxy) is 1. The van der Waals surface area contributed by atoms with E-state index in [1.165, 1.54) is 5.56 Å². The van der Waals surface area contributed by atoms with Crippen molar-refractivity contribution in [2.45, 2.75) is 32.9 Å². The standard InChI is InChI=1S/C33H32N2O3/c1-23-8-6-10-25(18-23)21-34-31(36)22-38-29-15-14-26-16-17-35(33(37)27-11-4-3-5-12-27)32(30(26)20-29)28-13-7-9-24(2)19-28/h3-15,18-20,32H,16-17,21-22H2,1-2H3,(H,34,36). The van der Waals surface area contributed by atoms with Crippen LogP contribution in [0.15, 0.2) is 97.1 Å². The lowest BCUT2D eigenvalue weighted by Gasteiger charge is -2.38. The van der Waals surface area contributed by atoms with Gasteiger partial charge < -0.3 is 15.0 Å². The number of hydrogen-bond acceptors (Lipinski definition) is 3. The number of amides is 2. The van der Waals surface area contributed by atoms with Crippen LogP contribution in [0, 0.1) is 13.8 Å². The Hall–Kier alpha value is -4.38. The smallest absolute Gasteiger partial charge is 0.258 e. The highest BCUT2D eigenvalue weighted by molar-refractivity contribution is 5.95. The maximum absolute atomic E-state index is 13.6. The van der Waals surface area contributed by atoms with Gasteiger partial charge in [0.05, 0.1) is 6.04 Å².